The molecule has 0 radical (unpaired) electrons. The summed E-state index contributed by atoms with van der Waals surface area (Å²) in [6.07, 6.45) is 1.61. The molecule has 6 heteroatoms. The average molecular weight is 239 g/mol. The van der Waals surface area contributed by atoms with Crippen LogP contribution in [0.15, 0.2) is 18.3 Å². The largest absolute Gasteiger partial charge is 0.476 e. The fourth-order valence-corrected chi connectivity index (χ4v) is 1.17. The molecule has 17 heavy (non-hydrogen) atoms. The molecule has 1 aromatic rings. The number of ether oxygens (including phenoxy) is 2. The number of hydrogen-bond acceptors (Lipinski definition) is 4. The van der Waals surface area contributed by atoms with Crippen LogP contribution in [-0.2, 0) is 4.74 Å². The van der Waals surface area contributed by atoms with Crippen molar-refractivity contribution in [1.82, 2.24) is 10.3 Å². The molecule has 2 N–H and O–H groups in total. The number of methoxy groups -OCH3 is 1. The van der Waals surface area contributed by atoms with E-state index >= 15 is 0 Å². The summed E-state index contributed by atoms with van der Waals surface area (Å²) in [5, 5.41) is 5.30. The van der Waals surface area contributed by atoms with E-state index < -0.39 is 0 Å². The van der Waals surface area contributed by atoms with Crippen LogP contribution < -0.4 is 15.4 Å². The molecule has 0 aromatic carbocycles. The number of rotatable bonds is 6. The molecule has 1 rings (SSSR count). The zero-order valence-corrected chi connectivity index (χ0v) is 10.0. The predicted octanol–water partition coefficient (Wildman–Crippen LogP) is 1.25. The van der Waals surface area contributed by atoms with Crippen LogP contribution in [0, 0.1) is 0 Å². The molecule has 0 aliphatic heterocycles. The minimum Gasteiger partial charge on any atom is -0.476 e. The second-order valence-corrected chi connectivity index (χ2v) is 3.16. The highest BCUT2D eigenvalue weighted by Gasteiger charge is 2.07. The van der Waals surface area contributed by atoms with Gasteiger partial charge in [-0.15, -0.1) is 0 Å². The number of aromatic nitrogens is 1. The minimum absolute atomic E-state index is 0.309. The first kappa shape index (κ1) is 13.2. The molecule has 1 aromatic heterocycles. The van der Waals surface area contributed by atoms with E-state index in [1.165, 1.54) is 0 Å². The summed E-state index contributed by atoms with van der Waals surface area (Å²) < 4.78 is 10.1. The van der Waals surface area contributed by atoms with Crippen molar-refractivity contribution in [2.24, 2.45) is 0 Å². The Balaban J connectivity index is 2.52. The van der Waals surface area contributed by atoms with Gasteiger partial charge in [-0.2, -0.15) is 0 Å². The Kier molecular flexibility index (Phi) is 5.81. The summed E-state index contributed by atoms with van der Waals surface area (Å²) in [6, 6.07) is 3.15. The van der Waals surface area contributed by atoms with Gasteiger partial charge in [0.15, 0.2) is 0 Å². The quantitative estimate of drug-likeness (QED) is 0.733. The zero-order valence-electron chi connectivity index (χ0n) is 10.0. The van der Waals surface area contributed by atoms with Crippen molar-refractivity contribution in [1.29, 1.82) is 0 Å². The molecule has 0 spiro atoms. The van der Waals surface area contributed by atoms with E-state index in [9.17, 15) is 4.79 Å². The first-order valence-corrected chi connectivity index (χ1v) is 5.39. The van der Waals surface area contributed by atoms with E-state index in [1.54, 1.807) is 25.4 Å². The van der Waals surface area contributed by atoms with Crippen LogP contribution in [0.4, 0.5) is 10.5 Å². The summed E-state index contributed by atoms with van der Waals surface area (Å²) in [7, 11) is 1.58. The topological polar surface area (TPSA) is 72.5 Å². The number of amides is 2. The maximum Gasteiger partial charge on any atom is 0.319 e. The Morgan fingerprint density at radius 2 is 2.35 bits per heavy atom. The monoisotopic (exact) mass is 239 g/mol. The Hall–Kier alpha value is -1.82. The molecule has 0 atom stereocenters. The summed E-state index contributed by atoms with van der Waals surface area (Å²) in [5.41, 5.74) is 0.546. The Morgan fingerprint density at radius 3 is 3.06 bits per heavy atom. The third-order valence-corrected chi connectivity index (χ3v) is 1.89. The molecular formula is C11H17N3O3. The molecule has 2 amide bonds. The van der Waals surface area contributed by atoms with Crippen molar-refractivity contribution >= 4 is 11.7 Å². The molecule has 0 saturated heterocycles. The summed E-state index contributed by atoms with van der Waals surface area (Å²) in [4.78, 5) is 15.5. The van der Waals surface area contributed by atoms with E-state index in [-0.39, 0.29) is 6.03 Å². The normalized spacial score (nSPS) is 9.76. The van der Waals surface area contributed by atoms with Crippen molar-refractivity contribution in [3.05, 3.63) is 18.3 Å². The van der Waals surface area contributed by atoms with Gasteiger partial charge in [-0.3, -0.25) is 0 Å². The molecule has 0 saturated carbocycles. The van der Waals surface area contributed by atoms with Crippen molar-refractivity contribution in [2.45, 2.75) is 6.92 Å². The van der Waals surface area contributed by atoms with Crippen molar-refractivity contribution in [3.63, 3.8) is 0 Å². The van der Waals surface area contributed by atoms with E-state index in [0.29, 0.717) is 31.3 Å². The first-order chi connectivity index (χ1) is 8.27. The van der Waals surface area contributed by atoms with Crippen LogP contribution >= 0.6 is 0 Å². The summed E-state index contributed by atoms with van der Waals surface area (Å²) in [5.74, 6) is 0.414. The standard InChI is InChI=1S/C11H17N3O3/c1-3-17-10-9(5-4-6-12-10)14-11(15)13-7-8-16-2/h4-6H,3,7-8H2,1-2H3,(H2,13,14,15). The second kappa shape index (κ2) is 7.45. The maximum absolute atomic E-state index is 11.5. The van der Waals surface area contributed by atoms with Crippen LogP contribution in [0.2, 0.25) is 0 Å². The van der Waals surface area contributed by atoms with E-state index in [1.807, 2.05) is 6.92 Å². The van der Waals surface area contributed by atoms with Crippen LogP contribution in [0.5, 0.6) is 5.88 Å². The van der Waals surface area contributed by atoms with Gasteiger partial charge in [-0.1, -0.05) is 0 Å². The van der Waals surface area contributed by atoms with E-state index in [4.69, 9.17) is 9.47 Å². The smallest absolute Gasteiger partial charge is 0.319 e. The third kappa shape index (κ3) is 4.69. The molecule has 6 nitrogen and oxygen atoms in total. The van der Waals surface area contributed by atoms with Gasteiger partial charge in [0.2, 0.25) is 5.88 Å². The molecule has 0 fully saturated rings. The lowest BCUT2D eigenvalue weighted by atomic mass is 10.4. The van der Waals surface area contributed by atoms with Crippen LogP contribution in [0.3, 0.4) is 0 Å². The van der Waals surface area contributed by atoms with Crippen molar-refractivity contribution < 1.29 is 14.3 Å². The van der Waals surface area contributed by atoms with Crippen LogP contribution in [0.1, 0.15) is 6.92 Å². The van der Waals surface area contributed by atoms with Gasteiger partial charge in [-0.25, -0.2) is 9.78 Å². The van der Waals surface area contributed by atoms with Gasteiger partial charge in [-0.05, 0) is 19.1 Å². The SMILES string of the molecule is CCOc1ncccc1NC(=O)NCCOC. The lowest BCUT2D eigenvalue weighted by Gasteiger charge is -2.10. The van der Waals surface area contributed by atoms with Gasteiger partial charge in [0.25, 0.3) is 0 Å². The van der Waals surface area contributed by atoms with Crippen LogP contribution in [-0.4, -0.2) is 37.9 Å². The Bertz CT molecular complexity index is 358. The highest BCUT2D eigenvalue weighted by atomic mass is 16.5. The number of pyridine rings is 1. The first-order valence-electron chi connectivity index (χ1n) is 5.39. The van der Waals surface area contributed by atoms with Gasteiger partial charge in [0.1, 0.15) is 5.69 Å². The molecule has 0 aliphatic rings. The average Bonchev–Trinajstić information content (AvgIpc) is 2.32. The lowest BCUT2D eigenvalue weighted by Crippen LogP contribution is -2.31. The number of nitrogens with zero attached hydrogens (tertiary/aromatic N) is 1. The Morgan fingerprint density at radius 1 is 1.53 bits per heavy atom. The highest BCUT2D eigenvalue weighted by Crippen LogP contribution is 2.19. The van der Waals surface area contributed by atoms with Crippen molar-refractivity contribution in [3.8, 4) is 5.88 Å². The zero-order chi connectivity index (χ0) is 12.5. The van der Waals surface area contributed by atoms with Crippen molar-refractivity contribution in [2.75, 3.05) is 32.2 Å². The predicted molar refractivity (Wildman–Crippen MR) is 64.3 cm³/mol. The fourth-order valence-electron chi connectivity index (χ4n) is 1.17. The summed E-state index contributed by atoms with van der Waals surface area (Å²) >= 11 is 0. The lowest BCUT2D eigenvalue weighted by molar-refractivity contribution is 0.198. The van der Waals surface area contributed by atoms with Gasteiger partial charge < -0.3 is 20.1 Å². The molecule has 0 unspecified atom stereocenters. The Labute approximate surface area is 100 Å². The van der Waals surface area contributed by atoms with Gasteiger partial charge in [0.05, 0.1) is 13.2 Å². The minimum atomic E-state index is -0.309. The highest BCUT2D eigenvalue weighted by molar-refractivity contribution is 5.90. The number of urea groups is 1. The number of anilines is 1. The van der Waals surface area contributed by atoms with Gasteiger partial charge in [0, 0.05) is 19.9 Å². The molecule has 1 heterocycles. The summed E-state index contributed by atoms with van der Waals surface area (Å²) in [6.45, 7) is 3.28. The fraction of sp³-hybridized carbons (Fsp3) is 0.455. The molecule has 0 aliphatic carbocycles. The van der Waals surface area contributed by atoms with Crippen LogP contribution in [0.25, 0.3) is 0 Å². The van der Waals surface area contributed by atoms with Gasteiger partial charge >= 0.3 is 6.03 Å². The molecule has 0 bridgehead atoms. The third-order valence-electron chi connectivity index (χ3n) is 1.89. The van der Waals surface area contributed by atoms with E-state index in [2.05, 4.69) is 15.6 Å². The second-order valence-electron chi connectivity index (χ2n) is 3.16. The number of hydrogen-bond donors (Lipinski definition) is 2. The molecule has 94 valence electrons. The number of nitrogens with one attached hydrogen (secondary N) is 2. The molecular weight excluding hydrogens is 222 g/mol. The number of carbonyl (C=O) groups excluding carboxylic acids is 1. The number of carbonyl (C=O) groups is 1. The maximum atomic E-state index is 11.5. The van der Waals surface area contributed by atoms with E-state index in [0.717, 1.165) is 0 Å².